The lowest BCUT2D eigenvalue weighted by Gasteiger charge is -2.25. The van der Waals surface area contributed by atoms with E-state index in [1.165, 1.54) is 38.5 Å². The predicted molar refractivity (Wildman–Crippen MR) is 276 cm³/mol. The summed E-state index contributed by atoms with van der Waals surface area (Å²) in [4.78, 5) is 23.0. The van der Waals surface area contributed by atoms with Gasteiger partial charge in [0.15, 0.2) is 0 Å². The van der Waals surface area contributed by atoms with E-state index in [4.69, 9.17) is 9.05 Å². The van der Waals surface area contributed by atoms with Crippen LogP contribution >= 0.6 is 7.82 Å². The quantitative estimate of drug-likeness (QED) is 0.0244. The van der Waals surface area contributed by atoms with Gasteiger partial charge in [0.05, 0.1) is 39.9 Å². The van der Waals surface area contributed by atoms with Crippen molar-refractivity contribution >= 4 is 13.7 Å². The van der Waals surface area contributed by atoms with Gasteiger partial charge in [-0.15, -0.1) is 0 Å². The Morgan fingerprint density at radius 3 is 1.38 bits per heavy atom. The molecule has 1 amide bonds. The van der Waals surface area contributed by atoms with E-state index in [1.807, 2.05) is 27.2 Å². The molecule has 0 fully saturated rings. The number of rotatable bonds is 43. The van der Waals surface area contributed by atoms with Crippen LogP contribution in [0.4, 0.5) is 0 Å². The summed E-state index contributed by atoms with van der Waals surface area (Å²) in [5, 5.41) is 13.7. The highest BCUT2D eigenvalue weighted by Crippen LogP contribution is 2.43. The van der Waals surface area contributed by atoms with Gasteiger partial charge in [-0.3, -0.25) is 13.8 Å². The first-order valence-corrected chi connectivity index (χ1v) is 26.4. The molecule has 64 heavy (non-hydrogen) atoms. The van der Waals surface area contributed by atoms with E-state index in [-0.39, 0.29) is 19.1 Å². The molecule has 0 aliphatic rings. The zero-order valence-electron chi connectivity index (χ0n) is 41.2. The number of phosphoric ester groups is 1. The normalized spacial score (nSPS) is 15.2. The molecular weight excluding hydrogens is 816 g/mol. The number of phosphoric acid groups is 1. The van der Waals surface area contributed by atoms with Crippen molar-refractivity contribution in [3.63, 3.8) is 0 Å². The minimum absolute atomic E-state index is 0.0520. The van der Waals surface area contributed by atoms with E-state index in [0.29, 0.717) is 17.4 Å². The third kappa shape index (κ3) is 46.9. The Kier molecular flexibility index (Phi) is 42.9. The van der Waals surface area contributed by atoms with Gasteiger partial charge in [0.25, 0.3) is 0 Å². The number of nitrogens with zero attached hydrogens (tertiary/aromatic N) is 1. The number of carbonyl (C=O) groups excluding carboxylic acids is 1. The van der Waals surface area contributed by atoms with Gasteiger partial charge in [0.1, 0.15) is 13.2 Å². The molecule has 0 aromatic heterocycles. The number of amides is 1. The van der Waals surface area contributed by atoms with Crippen LogP contribution in [0, 0.1) is 0 Å². The highest BCUT2D eigenvalue weighted by Gasteiger charge is 2.27. The summed E-state index contributed by atoms with van der Waals surface area (Å²) < 4.78 is 23.4. The molecule has 9 heteroatoms. The Hall–Kier alpha value is -3.10. The van der Waals surface area contributed by atoms with Gasteiger partial charge < -0.3 is 19.8 Å². The maximum atomic E-state index is 12.8. The van der Waals surface area contributed by atoms with Gasteiger partial charge >= 0.3 is 7.82 Å². The van der Waals surface area contributed by atoms with Crippen LogP contribution in [0.1, 0.15) is 168 Å². The first-order valence-electron chi connectivity index (χ1n) is 24.9. The molecule has 0 aromatic rings. The summed E-state index contributed by atoms with van der Waals surface area (Å²) in [6.07, 6.45) is 67.4. The molecule has 0 spiro atoms. The monoisotopic (exact) mass is 910 g/mol. The second-order valence-corrected chi connectivity index (χ2v) is 18.9. The van der Waals surface area contributed by atoms with E-state index < -0.39 is 20.0 Å². The van der Waals surface area contributed by atoms with Crippen LogP contribution in [-0.2, 0) is 18.4 Å². The molecule has 0 aliphatic carbocycles. The summed E-state index contributed by atoms with van der Waals surface area (Å²) in [5.41, 5.74) is 0. The highest BCUT2D eigenvalue weighted by atomic mass is 31.2. The van der Waals surface area contributed by atoms with Gasteiger partial charge in [-0.1, -0.05) is 193 Å². The number of likely N-dealkylation sites (N-methyl/N-ethyl adjacent to an activating group) is 1. The molecule has 3 N–H and O–H groups in total. The first-order chi connectivity index (χ1) is 31.0. The Labute approximate surface area is 393 Å². The third-order valence-electron chi connectivity index (χ3n) is 10.2. The Morgan fingerprint density at radius 1 is 0.547 bits per heavy atom. The van der Waals surface area contributed by atoms with Gasteiger partial charge in [-0.05, 0) is 89.9 Å². The van der Waals surface area contributed by atoms with Crippen LogP contribution in [0.2, 0.25) is 0 Å². The predicted octanol–water partition coefficient (Wildman–Crippen LogP) is 14.6. The average molecular weight is 910 g/mol. The summed E-state index contributed by atoms with van der Waals surface area (Å²) in [6, 6.07) is -0.858. The number of hydrogen-bond acceptors (Lipinski definition) is 5. The van der Waals surface area contributed by atoms with Crippen molar-refractivity contribution in [1.29, 1.82) is 0 Å². The zero-order chi connectivity index (χ0) is 47.1. The lowest BCUT2D eigenvalue weighted by molar-refractivity contribution is -0.870. The second kappa shape index (κ2) is 45.1. The fourth-order valence-electron chi connectivity index (χ4n) is 6.27. The lowest BCUT2D eigenvalue weighted by atomic mass is 10.1. The zero-order valence-corrected chi connectivity index (χ0v) is 42.1. The largest absolute Gasteiger partial charge is 0.472 e. The Balaban J connectivity index is 4.10. The summed E-state index contributed by atoms with van der Waals surface area (Å²) in [5.74, 6) is -0.200. The van der Waals surface area contributed by atoms with Crippen LogP contribution in [-0.4, -0.2) is 73.4 Å². The molecule has 0 saturated carbocycles. The molecule has 8 nitrogen and oxygen atoms in total. The molecule has 364 valence electrons. The topological polar surface area (TPSA) is 105 Å². The van der Waals surface area contributed by atoms with Crippen LogP contribution in [0.15, 0.2) is 122 Å². The number of unbranched alkanes of at least 4 members (excludes halogenated alkanes) is 12. The molecule has 0 heterocycles. The Bertz CT molecular complexity index is 1450. The molecule has 0 aliphatic heterocycles. The minimum atomic E-state index is -4.34. The molecule has 0 bridgehead atoms. The smallest absolute Gasteiger partial charge is 0.387 e. The van der Waals surface area contributed by atoms with Crippen LogP contribution in [0.3, 0.4) is 0 Å². The Morgan fingerprint density at radius 2 is 0.938 bits per heavy atom. The van der Waals surface area contributed by atoms with Gasteiger partial charge in [-0.25, -0.2) is 4.57 Å². The van der Waals surface area contributed by atoms with Gasteiger partial charge in [-0.2, -0.15) is 0 Å². The number of nitrogens with one attached hydrogen (secondary N) is 1. The van der Waals surface area contributed by atoms with Crippen LogP contribution in [0.5, 0.6) is 0 Å². The fourth-order valence-corrected chi connectivity index (χ4v) is 7.00. The van der Waals surface area contributed by atoms with Gasteiger partial charge in [0.2, 0.25) is 5.91 Å². The highest BCUT2D eigenvalue weighted by molar-refractivity contribution is 7.47. The number of quaternary nitrogens is 1. The lowest BCUT2D eigenvalue weighted by Crippen LogP contribution is -2.45. The summed E-state index contributed by atoms with van der Waals surface area (Å²) in [7, 11) is 1.54. The maximum absolute atomic E-state index is 12.8. The van der Waals surface area contributed by atoms with Crippen molar-refractivity contribution in [2.75, 3.05) is 40.9 Å². The molecule has 0 rings (SSSR count). The summed E-state index contributed by atoms with van der Waals surface area (Å²) >= 11 is 0. The molecule has 3 atom stereocenters. The van der Waals surface area contributed by atoms with Crippen molar-refractivity contribution < 1.29 is 32.9 Å². The first kappa shape index (κ1) is 60.9. The van der Waals surface area contributed by atoms with Crippen molar-refractivity contribution in [2.45, 2.75) is 180 Å². The van der Waals surface area contributed by atoms with E-state index in [1.54, 1.807) is 6.08 Å². The average Bonchev–Trinajstić information content (AvgIpc) is 3.25. The fraction of sp³-hybridized carbons (Fsp3) is 0.618. The number of aliphatic hydroxyl groups is 1. The molecule has 0 radical (unpaired) electrons. The molecular formula is C55H94N2O6P+. The second-order valence-electron chi connectivity index (χ2n) is 17.5. The van der Waals surface area contributed by atoms with Crippen molar-refractivity contribution in [2.24, 2.45) is 0 Å². The van der Waals surface area contributed by atoms with Crippen molar-refractivity contribution in [3.8, 4) is 0 Å². The number of aliphatic hydroxyl groups excluding tert-OH is 1. The molecule has 0 aromatic carbocycles. The van der Waals surface area contributed by atoms with Crippen LogP contribution < -0.4 is 5.32 Å². The number of hydrogen-bond donors (Lipinski definition) is 3. The standard InChI is InChI=1S/C55H93N2O6P/c1-6-8-10-12-14-15-16-17-18-19-20-21-22-23-24-25-26-27-28-29-30-31-32-33-34-35-36-37-38-39-40-41-43-45-47-49-55(59)56-53(54(58)48-46-44-42-13-11-9-7-2)52-63-64(60,61)62-51-50-57(3,4)5/h8,10,14-15,17-18,20-21,23-24,26-27,29-30,32-33,35-36,46,48,53-54,58H,6-7,9,11-13,16,19,22,25,28,31,34,37-45,47,49-52H2,1-5H3,(H-,56,59,60,61)/p+1/b10-8-,15-14-,18-17-,21-20-,24-23-,27-26-,30-29-,33-32-,36-35-,48-46+. The number of allylic oxidation sites excluding steroid dienone is 19. The maximum Gasteiger partial charge on any atom is 0.472 e. The molecule has 0 saturated heterocycles. The molecule has 3 unspecified atom stereocenters. The van der Waals surface area contributed by atoms with E-state index >= 15 is 0 Å². The van der Waals surface area contributed by atoms with E-state index in [2.05, 4.69) is 129 Å². The van der Waals surface area contributed by atoms with Crippen molar-refractivity contribution in [3.05, 3.63) is 122 Å². The summed E-state index contributed by atoms with van der Waals surface area (Å²) in [6.45, 7) is 4.60. The van der Waals surface area contributed by atoms with Crippen LogP contribution in [0.25, 0.3) is 0 Å². The van der Waals surface area contributed by atoms with Gasteiger partial charge in [0, 0.05) is 6.42 Å². The third-order valence-corrected chi connectivity index (χ3v) is 11.2. The SMILES string of the molecule is CC/C=C\C/C=C\C/C=C\C/C=C\C/C=C\C/C=C\C/C=C\C/C=C\C/C=C\CCCCCCCCCC(=O)NC(COP(=O)(O)OCC[N+](C)(C)C)C(O)/C=C/CCCCCCC. The van der Waals surface area contributed by atoms with Crippen molar-refractivity contribution in [1.82, 2.24) is 5.32 Å². The number of carbonyl (C=O) groups is 1. The minimum Gasteiger partial charge on any atom is -0.387 e. The van der Waals surface area contributed by atoms with E-state index in [0.717, 1.165) is 109 Å². The van der Waals surface area contributed by atoms with E-state index in [9.17, 15) is 19.4 Å².